The highest BCUT2D eigenvalue weighted by atomic mass is 16.5. The van der Waals surface area contributed by atoms with Gasteiger partial charge in [0.25, 0.3) is 0 Å². The molecule has 0 fully saturated rings. The van der Waals surface area contributed by atoms with E-state index in [1.165, 1.54) is 89.9 Å². The molecule has 2 amide bonds. The molecule has 6 nitrogen and oxygen atoms in total. The van der Waals surface area contributed by atoms with E-state index in [2.05, 4.69) is 13.8 Å². The van der Waals surface area contributed by atoms with Crippen molar-refractivity contribution in [1.29, 1.82) is 0 Å². The van der Waals surface area contributed by atoms with Gasteiger partial charge in [-0.15, -0.1) is 0 Å². The summed E-state index contributed by atoms with van der Waals surface area (Å²) in [7, 11) is 7.04. The topological polar surface area (TPSA) is 59.1 Å². The number of unbranched alkanes of at least 4 members (excludes halogenated alkanes) is 16. The molecule has 43 heavy (non-hydrogen) atoms. The lowest BCUT2D eigenvalue weighted by Gasteiger charge is -2.28. The SMILES string of the molecule is CCCCCCCCCCCCOCC(/C=C/C(=O)N(C)C)(/C=C/C(=O)N(C)C)CCCCCCCOCCCCCC. The Morgan fingerprint density at radius 3 is 1.28 bits per heavy atom. The summed E-state index contributed by atoms with van der Waals surface area (Å²) in [5, 5.41) is 0. The fourth-order valence-electron chi connectivity index (χ4n) is 5.04. The minimum Gasteiger partial charge on any atom is -0.381 e. The second-order valence-corrected chi connectivity index (χ2v) is 12.8. The van der Waals surface area contributed by atoms with Gasteiger partial charge in [-0.1, -0.05) is 129 Å². The molecule has 0 aromatic carbocycles. The second-order valence-electron chi connectivity index (χ2n) is 12.8. The standard InChI is InChI=1S/C37H70N2O4/c1-7-9-11-13-14-15-16-17-20-25-33-43-34-37(29-26-35(40)38(3)4,30-27-36(41)39(5)6)28-22-19-18-21-24-32-42-31-23-12-10-8-2/h26-27,29-30H,7-25,28,31-34H2,1-6H3/b29-26+,30-27+. The fraction of sp³-hybridized carbons (Fsp3) is 0.838. The van der Waals surface area contributed by atoms with Crippen LogP contribution in [0, 0.1) is 5.41 Å². The van der Waals surface area contributed by atoms with Crippen LogP contribution in [-0.2, 0) is 19.1 Å². The summed E-state index contributed by atoms with van der Waals surface area (Å²) < 4.78 is 12.0. The molecule has 0 aliphatic rings. The molecule has 6 heteroatoms. The van der Waals surface area contributed by atoms with Crippen molar-refractivity contribution in [3.63, 3.8) is 0 Å². The van der Waals surface area contributed by atoms with Gasteiger partial charge in [-0.25, -0.2) is 0 Å². The molecule has 0 saturated heterocycles. The van der Waals surface area contributed by atoms with E-state index in [4.69, 9.17) is 9.47 Å². The van der Waals surface area contributed by atoms with Crippen LogP contribution in [-0.4, -0.2) is 76.2 Å². The van der Waals surface area contributed by atoms with Crippen LogP contribution in [0.25, 0.3) is 0 Å². The summed E-state index contributed by atoms with van der Waals surface area (Å²) in [4.78, 5) is 28.1. The van der Waals surface area contributed by atoms with Crippen LogP contribution in [0.3, 0.4) is 0 Å². The van der Waals surface area contributed by atoms with Crippen LogP contribution in [0.4, 0.5) is 0 Å². The number of ether oxygens (including phenoxy) is 2. The van der Waals surface area contributed by atoms with Crippen LogP contribution in [0.2, 0.25) is 0 Å². The number of amides is 2. The first kappa shape index (κ1) is 41.3. The molecule has 0 aromatic rings. The quantitative estimate of drug-likeness (QED) is 0.0604. The van der Waals surface area contributed by atoms with Crippen LogP contribution in [0.1, 0.15) is 142 Å². The van der Waals surface area contributed by atoms with Gasteiger partial charge < -0.3 is 19.3 Å². The Bertz CT molecular complexity index is 657. The third-order valence-corrected chi connectivity index (χ3v) is 8.08. The van der Waals surface area contributed by atoms with Gasteiger partial charge >= 0.3 is 0 Å². The highest BCUT2D eigenvalue weighted by Crippen LogP contribution is 2.30. The van der Waals surface area contributed by atoms with Gasteiger partial charge in [-0.3, -0.25) is 9.59 Å². The molecule has 0 bridgehead atoms. The van der Waals surface area contributed by atoms with Crippen molar-refractivity contribution in [2.45, 2.75) is 142 Å². The fourth-order valence-corrected chi connectivity index (χ4v) is 5.04. The van der Waals surface area contributed by atoms with E-state index in [0.29, 0.717) is 13.2 Å². The monoisotopic (exact) mass is 607 g/mol. The Morgan fingerprint density at radius 2 is 0.860 bits per heavy atom. The average molecular weight is 607 g/mol. The molecule has 252 valence electrons. The molecule has 0 aromatic heterocycles. The lowest BCUT2D eigenvalue weighted by molar-refractivity contribution is -0.124. The summed E-state index contributed by atoms with van der Waals surface area (Å²) in [5.41, 5.74) is -0.489. The number of hydrogen-bond acceptors (Lipinski definition) is 4. The smallest absolute Gasteiger partial charge is 0.245 e. The molecule has 0 radical (unpaired) electrons. The van der Waals surface area contributed by atoms with E-state index >= 15 is 0 Å². The van der Waals surface area contributed by atoms with Crippen molar-refractivity contribution < 1.29 is 19.1 Å². The summed E-state index contributed by atoms with van der Waals surface area (Å²) in [6, 6.07) is 0. The Hall–Kier alpha value is -1.66. The summed E-state index contributed by atoms with van der Waals surface area (Å²) >= 11 is 0. The Morgan fingerprint density at radius 1 is 0.512 bits per heavy atom. The molecule has 0 spiro atoms. The van der Waals surface area contributed by atoms with Crippen molar-refractivity contribution in [3.05, 3.63) is 24.3 Å². The normalized spacial score (nSPS) is 12.0. The van der Waals surface area contributed by atoms with Crippen molar-refractivity contribution in [2.24, 2.45) is 5.41 Å². The van der Waals surface area contributed by atoms with Crippen molar-refractivity contribution >= 4 is 11.8 Å². The summed E-state index contributed by atoms with van der Waals surface area (Å²) in [6.45, 7) is 7.43. The van der Waals surface area contributed by atoms with Crippen LogP contribution < -0.4 is 0 Å². The minimum atomic E-state index is -0.489. The van der Waals surface area contributed by atoms with E-state index in [9.17, 15) is 9.59 Å². The van der Waals surface area contributed by atoms with Crippen LogP contribution >= 0.6 is 0 Å². The maximum Gasteiger partial charge on any atom is 0.245 e. The number of likely N-dealkylation sites (N-methyl/N-ethyl adjacent to an activating group) is 2. The first-order valence-corrected chi connectivity index (χ1v) is 17.7. The lowest BCUT2D eigenvalue weighted by Crippen LogP contribution is -2.27. The zero-order valence-corrected chi connectivity index (χ0v) is 29.3. The van der Waals surface area contributed by atoms with Crippen LogP contribution in [0.5, 0.6) is 0 Å². The van der Waals surface area contributed by atoms with E-state index in [0.717, 1.165) is 51.7 Å². The second kappa shape index (κ2) is 29.1. The van der Waals surface area contributed by atoms with Gasteiger partial charge in [0.05, 0.1) is 6.61 Å². The number of carbonyl (C=O) groups is 2. The number of nitrogens with zero attached hydrogens (tertiary/aromatic N) is 2. The summed E-state index contributed by atoms with van der Waals surface area (Å²) in [5.74, 6) is -0.109. The van der Waals surface area contributed by atoms with Gasteiger partial charge in [0, 0.05) is 65.6 Å². The van der Waals surface area contributed by atoms with E-state index < -0.39 is 5.41 Å². The largest absolute Gasteiger partial charge is 0.381 e. The molecule has 0 aliphatic heterocycles. The molecule has 0 aliphatic carbocycles. The molecule has 0 heterocycles. The maximum atomic E-state index is 12.5. The van der Waals surface area contributed by atoms with Gasteiger partial charge in [-0.2, -0.15) is 0 Å². The zero-order chi connectivity index (χ0) is 32.0. The van der Waals surface area contributed by atoms with Gasteiger partial charge in [0.2, 0.25) is 11.8 Å². The highest BCUT2D eigenvalue weighted by Gasteiger charge is 2.25. The number of hydrogen-bond donors (Lipinski definition) is 0. The molecule has 0 atom stereocenters. The summed E-state index contributed by atoms with van der Waals surface area (Å²) in [6.07, 6.45) is 31.6. The Labute approximate surface area is 267 Å². The Kier molecular flexibility index (Phi) is 28.0. The highest BCUT2D eigenvalue weighted by molar-refractivity contribution is 5.88. The third-order valence-electron chi connectivity index (χ3n) is 8.08. The molecule has 0 N–H and O–H groups in total. The molecule has 0 unspecified atom stereocenters. The minimum absolute atomic E-state index is 0.0545. The first-order chi connectivity index (χ1) is 20.8. The average Bonchev–Trinajstić information content (AvgIpc) is 2.99. The van der Waals surface area contributed by atoms with Gasteiger partial charge in [-0.05, 0) is 25.7 Å². The van der Waals surface area contributed by atoms with E-state index in [-0.39, 0.29) is 11.8 Å². The Balaban J connectivity index is 4.87. The molecular formula is C37H70N2O4. The molecule has 0 rings (SSSR count). The van der Waals surface area contributed by atoms with E-state index in [1.54, 1.807) is 50.1 Å². The third kappa shape index (κ3) is 25.4. The van der Waals surface area contributed by atoms with Crippen molar-refractivity contribution in [1.82, 2.24) is 9.80 Å². The maximum absolute atomic E-state index is 12.5. The molecule has 0 saturated carbocycles. The van der Waals surface area contributed by atoms with Crippen molar-refractivity contribution in [3.8, 4) is 0 Å². The lowest BCUT2D eigenvalue weighted by atomic mass is 9.82. The zero-order valence-electron chi connectivity index (χ0n) is 29.3. The number of rotatable bonds is 30. The predicted molar refractivity (Wildman–Crippen MR) is 183 cm³/mol. The molecular weight excluding hydrogens is 536 g/mol. The first-order valence-electron chi connectivity index (χ1n) is 17.7. The number of carbonyl (C=O) groups excluding carboxylic acids is 2. The van der Waals surface area contributed by atoms with Gasteiger partial charge in [0.15, 0.2) is 0 Å². The van der Waals surface area contributed by atoms with Crippen LogP contribution in [0.15, 0.2) is 24.3 Å². The van der Waals surface area contributed by atoms with Gasteiger partial charge in [0.1, 0.15) is 0 Å². The van der Waals surface area contributed by atoms with E-state index in [1.807, 2.05) is 12.2 Å². The predicted octanol–water partition coefficient (Wildman–Crippen LogP) is 9.14. The van der Waals surface area contributed by atoms with Crippen molar-refractivity contribution in [2.75, 3.05) is 54.6 Å².